The summed E-state index contributed by atoms with van der Waals surface area (Å²) in [5.74, 6) is 0.795. The van der Waals surface area contributed by atoms with E-state index < -0.39 is 4.93 Å². The van der Waals surface area contributed by atoms with E-state index in [1.807, 2.05) is 35.0 Å². The van der Waals surface area contributed by atoms with E-state index in [4.69, 9.17) is 16.3 Å². The highest BCUT2D eigenvalue weighted by molar-refractivity contribution is 8.00. The Balaban J connectivity index is 1.82. The van der Waals surface area contributed by atoms with E-state index in [0.717, 1.165) is 24.3 Å². The number of aromatic nitrogens is 2. The van der Waals surface area contributed by atoms with Crippen LogP contribution in [-0.4, -0.2) is 33.1 Å². The fourth-order valence-corrected chi connectivity index (χ4v) is 3.98. The van der Waals surface area contributed by atoms with Crippen LogP contribution in [0.4, 0.5) is 0 Å². The van der Waals surface area contributed by atoms with Gasteiger partial charge in [-0.1, -0.05) is 23.7 Å². The van der Waals surface area contributed by atoms with Gasteiger partial charge in [0.2, 0.25) is 0 Å². The van der Waals surface area contributed by atoms with Gasteiger partial charge in [-0.25, -0.2) is 4.98 Å². The maximum atomic E-state index is 9.37. The van der Waals surface area contributed by atoms with Gasteiger partial charge < -0.3 is 14.4 Å². The summed E-state index contributed by atoms with van der Waals surface area (Å²) in [6, 6.07) is 7.77. The zero-order chi connectivity index (χ0) is 14.7. The van der Waals surface area contributed by atoms with E-state index >= 15 is 0 Å². The smallest absolute Gasteiger partial charge is 0.141 e. The molecule has 2 heterocycles. The Kier molecular flexibility index (Phi) is 4.54. The number of halogens is 1. The number of thioether (sulfide) groups is 1. The van der Waals surface area contributed by atoms with Gasteiger partial charge in [0.25, 0.3) is 0 Å². The minimum Gasteiger partial charge on any atom is -0.394 e. The van der Waals surface area contributed by atoms with Gasteiger partial charge in [-0.2, -0.15) is 0 Å². The molecule has 2 aromatic rings. The van der Waals surface area contributed by atoms with Gasteiger partial charge in [-0.3, -0.25) is 0 Å². The number of rotatable bonds is 5. The molecule has 0 radical (unpaired) electrons. The molecule has 6 heteroatoms. The normalized spacial score (nSPS) is 25.3. The van der Waals surface area contributed by atoms with Crippen molar-refractivity contribution in [3.8, 4) is 0 Å². The van der Waals surface area contributed by atoms with Crippen LogP contribution in [0.5, 0.6) is 0 Å². The highest BCUT2D eigenvalue weighted by Crippen LogP contribution is 2.48. The average Bonchev–Trinajstić information content (AvgIpc) is 3.16. The summed E-state index contributed by atoms with van der Waals surface area (Å²) in [7, 11) is 0. The maximum Gasteiger partial charge on any atom is 0.141 e. The molecule has 1 N–H and O–H groups in total. The van der Waals surface area contributed by atoms with Gasteiger partial charge in [0.1, 0.15) is 4.93 Å². The molecule has 0 saturated carbocycles. The monoisotopic (exact) mass is 324 g/mol. The van der Waals surface area contributed by atoms with Crippen LogP contribution in [0.25, 0.3) is 0 Å². The minimum atomic E-state index is -0.428. The zero-order valence-corrected chi connectivity index (χ0v) is 13.1. The Hall–Kier alpha value is -1.01. The standard InChI is InChI=1S/C15H17ClN2O2S/c16-13-3-1-12(2-4-13)15(20-14(9-19)10-21-15)5-7-18-8-6-17-11-18/h1-4,6,8,11,14,19H,5,7,9-10H2. The molecule has 4 nitrogen and oxygen atoms in total. The lowest BCUT2D eigenvalue weighted by atomic mass is 10.1. The van der Waals surface area contributed by atoms with Crippen LogP contribution in [0, 0.1) is 0 Å². The van der Waals surface area contributed by atoms with E-state index in [0.29, 0.717) is 5.02 Å². The van der Waals surface area contributed by atoms with Crippen LogP contribution in [-0.2, 0) is 16.2 Å². The van der Waals surface area contributed by atoms with Crippen LogP contribution in [0.2, 0.25) is 5.02 Å². The first-order valence-corrected chi connectivity index (χ1v) is 8.23. The van der Waals surface area contributed by atoms with Crippen LogP contribution in [0.1, 0.15) is 12.0 Å². The molecule has 0 aliphatic carbocycles. The summed E-state index contributed by atoms with van der Waals surface area (Å²) in [5, 5.41) is 10.1. The number of nitrogens with zero attached hydrogens (tertiary/aromatic N) is 2. The van der Waals surface area contributed by atoms with Crippen molar-refractivity contribution in [2.45, 2.75) is 24.0 Å². The molecule has 1 aromatic carbocycles. The molecule has 0 amide bonds. The first kappa shape index (κ1) is 14.9. The third-order valence-electron chi connectivity index (χ3n) is 3.61. The SMILES string of the molecule is OCC1CSC(CCn2ccnc2)(c2ccc(Cl)cc2)O1. The van der Waals surface area contributed by atoms with E-state index in [9.17, 15) is 5.11 Å². The first-order valence-electron chi connectivity index (χ1n) is 6.86. The van der Waals surface area contributed by atoms with Gasteiger partial charge in [0, 0.05) is 36.1 Å². The lowest BCUT2D eigenvalue weighted by molar-refractivity contribution is -0.0405. The summed E-state index contributed by atoms with van der Waals surface area (Å²) in [4.78, 5) is 3.64. The molecule has 2 unspecified atom stereocenters. The number of aliphatic hydroxyl groups excluding tert-OH is 1. The Bertz CT molecular complexity index is 576. The van der Waals surface area contributed by atoms with Gasteiger partial charge >= 0.3 is 0 Å². The van der Waals surface area contributed by atoms with Crippen molar-refractivity contribution in [2.24, 2.45) is 0 Å². The second kappa shape index (κ2) is 6.40. The zero-order valence-electron chi connectivity index (χ0n) is 11.5. The van der Waals surface area contributed by atoms with E-state index in [-0.39, 0.29) is 12.7 Å². The second-order valence-electron chi connectivity index (χ2n) is 5.04. The van der Waals surface area contributed by atoms with E-state index in [1.165, 1.54) is 0 Å². The highest BCUT2D eigenvalue weighted by Gasteiger charge is 2.42. The van der Waals surface area contributed by atoms with Gasteiger partial charge in [0.15, 0.2) is 0 Å². The fourth-order valence-electron chi connectivity index (χ4n) is 2.48. The first-order chi connectivity index (χ1) is 10.2. The molecule has 2 atom stereocenters. The Morgan fingerprint density at radius 3 is 2.86 bits per heavy atom. The molecule has 1 aromatic heterocycles. The predicted molar refractivity (Wildman–Crippen MR) is 84.4 cm³/mol. The van der Waals surface area contributed by atoms with Gasteiger partial charge in [-0.05, 0) is 17.7 Å². The number of hydrogen-bond donors (Lipinski definition) is 1. The molecule has 112 valence electrons. The van der Waals surface area contributed by atoms with Crippen LogP contribution >= 0.6 is 23.4 Å². The summed E-state index contributed by atoms with van der Waals surface area (Å²) in [5.41, 5.74) is 1.09. The molecule has 3 rings (SSSR count). The lowest BCUT2D eigenvalue weighted by Crippen LogP contribution is -2.27. The number of imidazole rings is 1. The van der Waals surface area contributed by atoms with Crippen molar-refractivity contribution < 1.29 is 9.84 Å². The van der Waals surface area contributed by atoms with E-state index in [1.54, 1.807) is 24.3 Å². The number of ether oxygens (including phenoxy) is 1. The van der Waals surface area contributed by atoms with Gasteiger partial charge in [-0.15, -0.1) is 11.8 Å². The van der Waals surface area contributed by atoms with Crippen molar-refractivity contribution in [1.29, 1.82) is 0 Å². The molecule has 1 aliphatic rings. The molecule has 0 bridgehead atoms. The molecule has 1 aliphatic heterocycles. The Morgan fingerprint density at radius 1 is 1.43 bits per heavy atom. The van der Waals surface area contributed by atoms with Crippen molar-refractivity contribution in [2.75, 3.05) is 12.4 Å². The lowest BCUT2D eigenvalue weighted by Gasteiger charge is -2.29. The maximum absolute atomic E-state index is 9.37. The van der Waals surface area contributed by atoms with Crippen LogP contribution in [0.3, 0.4) is 0 Å². The van der Waals surface area contributed by atoms with Crippen molar-refractivity contribution in [3.63, 3.8) is 0 Å². The Morgan fingerprint density at radius 2 is 2.24 bits per heavy atom. The second-order valence-corrected chi connectivity index (χ2v) is 6.76. The number of aryl methyl sites for hydroxylation is 1. The summed E-state index contributed by atoms with van der Waals surface area (Å²) < 4.78 is 8.19. The summed E-state index contributed by atoms with van der Waals surface area (Å²) in [6.07, 6.45) is 6.21. The fraction of sp³-hybridized carbons (Fsp3) is 0.400. The predicted octanol–water partition coefficient (Wildman–Crippen LogP) is 2.90. The third kappa shape index (κ3) is 3.26. The largest absolute Gasteiger partial charge is 0.394 e. The Labute approximate surface area is 133 Å². The molecule has 1 fully saturated rings. The number of benzene rings is 1. The molecule has 21 heavy (non-hydrogen) atoms. The van der Waals surface area contributed by atoms with Crippen LogP contribution < -0.4 is 0 Å². The third-order valence-corrected chi connectivity index (χ3v) is 5.40. The van der Waals surface area contributed by atoms with Crippen molar-refractivity contribution >= 4 is 23.4 Å². The topological polar surface area (TPSA) is 47.3 Å². The molecular weight excluding hydrogens is 308 g/mol. The molecular formula is C15H17ClN2O2S. The molecule has 0 spiro atoms. The number of aliphatic hydroxyl groups is 1. The van der Waals surface area contributed by atoms with E-state index in [2.05, 4.69) is 4.98 Å². The van der Waals surface area contributed by atoms with Crippen molar-refractivity contribution in [3.05, 3.63) is 53.6 Å². The van der Waals surface area contributed by atoms with Gasteiger partial charge in [0.05, 0.1) is 19.0 Å². The molecule has 1 saturated heterocycles. The highest BCUT2D eigenvalue weighted by atomic mass is 35.5. The minimum absolute atomic E-state index is 0.0490. The van der Waals surface area contributed by atoms with Crippen molar-refractivity contribution in [1.82, 2.24) is 9.55 Å². The van der Waals surface area contributed by atoms with Crippen LogP contribution in [0.15, 0.2) is 43.0 Å². The number of hydrogen-bond acceptors (Lipinski definition) is 4. The average molecular weight is 325 g/mol. The summed E-state index contributed by atoms with van der Waals surface area (Å²) in [6.45, 7) is 0.862. The summed E-state index contributed by atoms with van der Waals surface area (Å²) >= 11 is 7.72. The quantitative estimate of drug-likeness (QED) is 0.918.